The lowest BCUT2D eigenvalue weighted by molar-refractivity contribution is -0.124. The van der Waals surface area contributed by atoms with E-state index in [0.717, 1.165) is 32.7 Å². The van der Waals surface area contributed by atoms with Crippen molar-refractivity contribution in [2.75, 3.05) is 49.2 Å². The van der Waals surface area contributed by atoms with Crippen molar-refractivity contribution in [2.45, 2.75) is 17.4 Å². The number of nitrogens with zero attached hydrogens (tertiary/aromatic N) is 3. The second kappa shape index (κ2) is 8.19. The van der Waals surface area contributed by atoms with E-state index in [2.05, 4.69) is 50.6 Å². The molecule has 1 saturated heterocycles. The van der Waals surface area contributed by atoms with Crippen LogP contribution in [-0.2, 0) is 4.79 Å². The molecule has 1 aromatic carbocycles. The van der Waals surface area contributed by atoms with Gasteiger partial charge in [-0.1, -0.05) is 12.1 Å². The third kappa shape index (κ3) is 4.04. The first-order valence-electron chi connectivity index (χ1n) is 9.27. The number of thioether (sulfide) groups is 1. The van der Waals surface area contributed by atoms with Gasteiger partial charge in [0.1, 0.15) is 0 Å². The van der Waals surface area contributed by atoms with Gasteiger partial charge in [-0.2, -0.15) is 0 Å². The number of benzene rings is 1. The average Bonchev–Trinajstić information content (AvgIpc) is 2.72. The van der Waals surface area contributed by atoms with Crippen molar-refractivity contribution in [3.05, 3.63) is 42.6 Å². The summed E-state index contributed by atoms with van der Waals surface area (Å²) in [7, 11) is 0. The average molecular weight is 385 g/mol. The number of anilines is 2. The minimum absolute atomic E-state index is 0.103. The van der Waals surface area contributed by atoms with Crippen molar-refractivity contribution >= 4 is 29.2 Å². The minimum Gasteiger partial charge on any atom is -0.477 e. The molecule has 0 spiro atoms. The lowest BCUT2D eigenvalue weighted by atomic mass is 10.1. The molecule has 3 heterocycles. The molecule has 27 heavy (non-hydrogen) atoms. The van der Waals surface area contributed by atoms with Gasteiger partial charge >= 0.3 is 0 Å². The van der Waals surface area contributed by atoms with Gasteiger partial charge < -0.3 is 15.0 Å². The van der Waals surface area contributed by atoms with Crippen LogP contribution >= 0.6 is 11.8 Å². The van der Waals surface area contributed by atoms with Crippen molar-refractivity contribution in [3.63, 3.8) is 0 Å². The van der Waals surface area contributed by atoms with Crippen molar-refractivity contribution in [2.24, 2.45) is 0 Å². The molecule has 2 aliphatic heterocycles. The summed E-state index contributed by atoms with van der Waals surface area (Å²) in [5.74, 6) is 1.06. The van der Waals surface area contributed by atoms with Gasteiger partial charge in [0, 0.05) is 50.2 Å². The second-order valence-corrected chi connectivity index (χ2v) is 7.58. The predicted molar refractivity (Wildman–Crippen MR) is 109 cm³/mol. The van der Waals surface area contributed by atoms with E-state index in [1.807, 2.05) is 12.1 Å². The van der Waals surface area contributed by atoms with E-state index >= 15 is 0 Å². The van der Waals surface area contributed by atoms with Crippen LogP contribution in [0.15, 0.2) is 47.5 Å². The third-order valence-electron chi connectivity index (χ3n) is 5.08. The van der Waals surface area contributed by atoms with Gasteiger partial charge in [0.25, 0.3) is 5.91 Å². The molecule has 2 aromatic rings. The van der Waals surface area contributed by atoms with Gasteiger partial charge in [0.2, 0.25) is 0 Å². The van der Waals surface area contributed by atoms with Crippen LogP contribution in [0.5, 0.6) is 5.75 Å². The molecular weight excluding hydrogens is 360 g/mol. The summed E-state index contributed by atoms with van der Waals surface area (Å²) in [6.45, 7) is 4.85. The molecule has 142 valence electrons. The quantitative estimate of drug-likeness (QED) is 0.800. The molecule has 0 aliphatic carbocycles. The molecule has 1 fully saturated rings. The van der Waals surface area contributed by atoms with Crippen LogP contribution in [0.1, 0.15) is 6.42 Å². The Balaban J connectivity index is 1.29. The maximum Gasteiger partial charge on any atom is 0.266 e. The molecule has 6 nitrogen and oxygen atoms in total. The first-order chi connectivity index (χ1) is 13.2. The summed E-state index contributed by atoms with van der Waals surface area (Å²) >= 11 is 1.79. The van der Waals surface area contributed by atoms with Gasteiger partial charge in [0.05, 0.1) is 5.69 Å². The number of nitrogens with one attached hydrogen (secondary N) is 1. The van der Waals surface area contributed by atoms with E-state index in [1.54, 1.807) is 18.0 Å². The Hall–Kier alpha value is -2.25. The Labute approximate surface area is 163 Å². The number of aromatic nitrogens is 1. The predicted octanol–water partition coefficient (Wildman–Crippen LogP) is 2.72. The van der Waals surface area contributed by atoms with Gasteiger partial charge in [-0.3, -0.25) is 9.69 Å². The smallest absolute Gasteiger partial charge is 0.266 e. The Morgan fingerprint density at radius 2 is 2.00 bits per heavy atom. The number of rotatable bonds is 5. The third-order valence-corrected chi connectivity index (χ3v) is 5.86. The first kappa shape index (κ1) is 18.1. The Morgan fingerprint density at radius 3 is 2.81 bits per heavy atom. The van der Waals surface area contributed by atoms with Gasteiger partial charge in [0.15, 0.2) is 17.7 Å². The molecule has 1 N–H and O–H groups in total. The number of hydrogen-bond acceptors (Lipinski definition) is 6. The highest BCUT2D eigenvalue weighted by molar-refractivity contribution is 7.98. The zero-order valence-corrected chi connectivity index (χ0v) is 16.2. The van der Waals surface area contributed by atoms with Crippen LogP contribution in [0.2, 0.25) is 0 Å². The zero-order valence-electron chi connectivity index (χ0n) is 15.4. The van der Waals surface area contributed by atoms with E-state index in [-0.39, 0.29) is 5.91 Å². The molecule has 1 unspecified atom stereocenters. The number of hydrogen-bond donors (Lipinski definition) is 1. The molecule has 1 atom stereocenters. The number of ether oxygens (including phenoxy) is 1. The number of carbonyl (C=O) groups is 1. The molecular formula is C20H24N4O2S. The van der Waals surface area contributed by atoms with Crippen molar-refractivity contribution in [1.29, 1.82) is 0 Å². The Morgan fingerprint density at radius 1 is 1.19 bits per heavy atom. The molecule has 1 aromatic heterocycles. The summed E-state index contributed by atoms with van der Waals surface area (Å²) in [5.41, 5.74) is 1.32. The van der Waals surface area contributed by atoms with Gasteiger partial charge in [-0.15, -0.1) is 11.8 Å². The highest BCUT2D eigenvalue weighted by Crippen LogP contribution is 2.30. The zero-order chi connectivity index (χ0) is 18.6. The fourth-order valence-electron chi connectivity index (χ4n) is 3.58. The Bertz CT molecular complexity index is 808. The highest BCUT2D eigenvalue weighted by atomic mass is 32.2. The number of piperazine rings is 1. The van der Waals surface area contributed by atoms with Crippen LogP contribution in [0.4, 0.5) is 11.5 Å². The summed E-state index contributed by atoms with van der Waals surface area (Å²) < 4.78 is 5.84. The Kier molecular flexibility index (Phi) is 5.50. The van der Waals surface area contributed by atoms with Gasteiger partial charge in [-0.25, -0.2) is 4.98 Å². The number of carbonyl (C=O) groups excluding carboxylic acids is 1. The summed E-state index contributed by atoms with van der Waals surface area (Å²) in [6.07, 6.45) is 4.01. The van der Waals surface area contributed by atoms with E-state index in [4.69, 9.17) is 4.74 Å². The standard InChI is InChI=1S/C20H24N4O2S/c1-27-18-7-3-2-5-15(18)24-13-11-23(12-14-24)10-8-17-20(25)22-19-16(26-17)6-4-9-21-19/h2-7,9,17H,8,10-14H2,1H3,(H,21,22,25). The van der Waals surface area contributed by atoms with Crippen LogP contribution in [-0.4, -0.2) is 60.9 Å². The number of para-hydroxylation sites is 1. The second-order valence-electron chi connectivity index (χ2n) is 6.74. The summed E-state index contributed by atoms with van der Waals surface area (Å²) in [6, 6.07) is 12.2. The summed E-state index contributed by atoms with van der Waals surface area (Å²) in [4.78, 5) is 22.6. The first-order valence-corrected chi connectivity index (χ1v) is 10.5. The fraction of sp³-hybridized carbons (Fsp3) is 0.400. The lowest BCUT2D eigenvalue weighted by Gasteiger charge is -2.37. The van der Waals surface area contributed by atoms with E-state index in [0.29, 0.717) is 18.0 Å². The molecule has 0 bridgehead atoms. The van der Waals surface area contributed by atoms with Crippen molar-refractivity contribution < 1.29 is 9.53 Å². The molecule has 0 saturated carbocycles. The normalized spacial score (nSPS) is 20.0. The highest BCUT2D eigenvalue weighted by Gasteiger charge is 2.29. The van der Waals surface area contributed by atoms with Crippen LogP contribution < -0.4 is 15.0 Å². The molecule has 4 rings (SSSR count). The number of fused-ring (bicyclic) bond motifs is 1. The minimum atomic E-state index is -0.447. The van der Waals surface area contributed by atoms with E-state index in [9.17, 15) is 4.79 Å². The maximum atomic E-state index is 12.2. The van der Waals surface area contributed by atoms with Crippen LogP contribution in [0.3, 0.4) is 0 Å². The molecule has 2 aliphatic rings. The van der Waals surface area contributed by atoms with Gasteiger partial charge in [-0.05, 0) is 30.5 Å². The molecule has 7 heteroatoms. The van der Waals surface area contributed by atoms with Crippen LogP contribution in [0, 0.1) is 0 Å². The SMILES string of the molecule is CSc1ccccc1N1CCN(CCC2Oc3cccnc3NC2=O)CC1. The van der Waals surface area contributed by atoms with Crippen LogP contribution in [0.25, 0.3) is 0 Å². The lowest BCUT2D eigenvalue weighted by Crippen LogP contribution is -2.48. The number of pyridine rings is 1. The topological polar surface area (TPSA) is 57.7 Å². The number of amides is 1. The van der Waals surface area contributed by atoms with Crippen molar-refractivity contribution in [1.82, 2.24) is 9.88 Å². The maximum absolute atomic E-state index is 12.2. The fourth-order valence-corrected chi connectivity index (χ4v) is 4.20. The monoisotopic (exact) mass is 384 g/mol. The summed E-state index contributed by atoms with van der Waals surface area (Å²) in [5, 5.41) is 2.83. The molecule has 0 radical (unpaired) electrons. The van der Waals surface area contributed by atoms with E-state index < -0.39 is 6.10 Å². The molecule has 1 amide bonds. The largest absolute Gasteiger partial charge is 0.477 e. The van der Waals surface area contributed by atoms with E-state index in [1.165, 1.54) is 10.6 Å². The van der Waals surface area contributed by atoms with Crippen molar-refractivity contribution in [3.8, 4) is 5.75 Å².